The molecule has 0 aromatic heterocycles. The van der Waals surface area contributed by atoms with Crippen LogP contribution in [-0.4, -0.2) is 35.9 Å². The molecular weight excluding hydrogens is 206 g/mol. The zero-order chi connectivity index (χ0) is 11.4. The van der Waals surface area contributed by atoms with E-state index in [0.29, 0.717) is 13.0 Å². The molecule has 1 saturated carbocycles. The van der Waals surface area contributed by atoms with Gasteiger partial charge in [0.25, 0.3) is 0 Å². The van der Waals surface area contributed by atoms with Crippen LogP contribution in [0.2, 0.25) is 0 Å². The van der Waals surface area contributed by atoms with Crippen LogP contribution in [0.1, 0.15) is 44.9 Å². The summed E-state index contributed by atoms with van der Waals surface area (Å²) in [4.78, 5) is 11.8. The lowest BCUT2D eigenvalue weighted by Gasteiger charge is -2.18. The molecule has 2 fully saturated rings. The third-order valence-electron chi connectivity index (χ3n) is 3.48. The molecule has 0 unspecified atom stereocenters. The number of nitrogens with one attached hydrogen (secondary N) is 1. The zero-order valence-corrected chi connectivity index (χ0v) is 9.65. The van der Waals surface area contributed by atoms with Crippen molar-refractivity contribution in [1.82, 2.24) is 5.32 Å². The molecule has 1 saturated heterocycles. The number of ether oxygens (including phenoxy) is 1. The standard InChI is InChI=1S/C12H21NO3/c14-9-7-11(13-8-9)12(15)16-10-5-3-1-2-4-6-10/h9-11,13-14H,1-8H2/t9-,11-/m0/s1. The topological polar surface area (TPSA) is 58.6 Å². The number of carbonyl (C=O) groups excluding carboxylic acids is 1. The average Bonchev–Trinajstić information content (AvgIpc) is 2.54. The van der Waals surface area contributed by atoms with E-state index in [0.717, 1.165) is 12.8 Å². The Bertz CT molecular complexity index is 236. The van der Waals surface area contributed by atoms with Crippen molar-refractivity contribution in [2.75, 3.05) is 6.54 Å². The predicted molar refractivity (Wildman–Crippen MR) is 60.0 cm³/mol. The van der Waals surface area contributed by atoms with Crippen molar-refractivity contribution in [3.05, 3.63) is 0 Å². The smallest absolute Gasteiger partial charge is 0.323 e. The lowest BCUT2D eigenvalue weighted by Crippen LogP contribution is -2.34. The van der Waals surface area contributed by atoms with Gasteiger partial charge in [-0.3, -0.25) is 4.79 Å². The second kappa shape index (κ2) is 5.64. The predicted octanol–water partition coefficient (Wildman–Crippen LogP) is 0.975. The van der Waals surface area contributed by atoms with Crippen LogP contribution in [0.15, 0.2) is 0 Å². The van der Waals surface area contributed by atoms with Gasteiger partial charge in [0, 0.05) is 13.0 Å². The van der Waals surface area contributed by atoms with E-state index >= 15 is 0 Å². The number of hydrogen-bond acceptors (Lipinski definition) is 4. The zero-order valence-electron chi connectivity index (χ0n) is 9.65. The van der Waals surface area contributed by atoms with E-state index in [2.05, 4.69) is 5.32 Å². The fourth-order valence-corrected chi connectivity index (χ4v) is 2.50. The molecule has 1 heterocycles. The van der Waals surface area contributed by atoms with Gasteiger partial charge in [0.15, 0.2) is 0 Å². The fraction of sp³-hybridized carbons (Fsp3) is 0.917. The maximum Gasteiger partial charge on any atom is 0.323 e. The van der Waals surface area contributed by atoms with E-state index in [1.54, 1.807) is 0 Å². The van der Waals surface area contributed by atoms with E-state index in [4.69, 9.17) is 4.74 Å². The van der Waals surface area contributed by atoms with Gasteiger partial charge >= 0.3 is 5.97 Å². The van der Waals surface area contributed by atoms with Gasteiger partial charge in [-0.2, -0.15) is 0 Å². The summed E-state index contributed by atoms with van der Waals surface area (Å²) in [6, 6.07) is -0.293. The molecule has 0 aromatic carbocycles. The van der Waals surface area contributed by atoms with Crippen LogP contribution in [0.4, 0.5) is 0 Å². The minimum Gasteiger partial charge on any atom is -0.461 e. The SMILES string of the molecule is O=C(OC1CCCCCC1)[C@@H]1C[C@H](O)CN1. The van der Waals surface area contributed by atoms with Gasteiger partial charge in [-0.25, -0.2) is 0 Å². The van der Waals surface area contributed by atoms with Gasteiger partial charge in [0.1, 0.15) is 12.1 Å². The molecule has 2 rings (SSSR count). The van der Waals surface area contributed by atoms with Crippen LogP contribution in [0.3, 0.4) is 0 Å². The van der Waals surface area contributed by atoms with E-state index in [1.165, 1.54) is 25.7 Å². The van der Waals surface area contributed by atoms with Crippen molar-refractivity contribution in [2.45, 2.75) is 63.2 Å². The summed E-state index contributed by atoms with van der Waals surface area (Å²) in [7, 11) is 0. The number of rotatable bonds is 2. The molecule has 4 heteroatoms. The van der Waals surface area contributed by atoms with E-state index in [9.17, 15) is 9.90 Å². The van der Waals surface area contributed by atoms with Crippen molar-refractivity contribution in [1.29, 1.82) is 0 Å². The lowest BCUT2D eigenvalue weighted by atomic mass is 10.1. The number of hydrogen-bond donors (Lipinski definition) is 2. The van der Waals surface area contributed by atoms with E-state index < -0.39 is 6.10 Å². The quantitative estimate of drug-likeness (QED) is 0.545. The Hall–Kier alpha value is -0.610. The van der Waals surface area contributed by atoms with Crippen LogP contribution in [0.25, 0.3) is 0 Å². The molecule has 2 aliphatic rings. The van der Waals surface area contributed by atoms with E-state index in [1.807, 2.05) is 0 Å². The number of carbonyl (C=O) groups is 1. The molecule has 16 heavy (non-hydrogen) atoms. The van der Waals surface area contributed by atoms with Crippen molar-refractivity contribution in [3.63, 3.8) is 0 Å². The van der Waals surface area contributed by atoms with Crippen molar-refractivity contribution < 1.29 is 14.6 Å². The number of aliphatic hydroxyl groups excluding tert-OH is 1. The summed E-state index contributed by atoms with van der Waals surface area (Å²) < 4.78 is 5.49. The Kier molecular flexibility index (Phi) is 4.18. The molecule has 1 aliphatic heterocycles. The Morgan fingerprint density at radius 2 is 1.88 bits per heavy atom. The van der Waals surface area contributed by atoms with Crippen LogP contribution in [0, 0.1) is 0 Å². The van der Waals surface area contributed by atoms with E-state index in [-0.39, 0.29) is 18.1 Å². The summed E-state index contributed by atoms with van der Waals surface area (Å²) in [6.45, 7) is 0.504. The maximum absolute atomic E-state index is 11.8. The molecule has 0 aromatic rings. The molecule has 1 aliphatic carbocycles. The third-order valence-corrected chi connectivity index (χ3v) is 3.48. The third kappa shape index (κ3) is 3.19. The molecule has 0 amide bonds. The second-order valence-electron chi connectivity index (χ2n) is 4.90. The second-order valence-corrected chi connectivity index (χ2v) is 4.90. The van der Waals surface area contributed by atoms with Gasteiger partial charge in [-0.1, -0.05) is 12.8 Å². The summed E-state index contributed by atoms with van der Waals surface area (Å²) in [5, 5.41) is 12.3. The first kappa shape index (κ1) is 11.9. The number of esters is 1. The average molecular weight is 227 g/mol. The summed E-state index contributed by atoms with van der Waals surface area (Å²) in [6.07, 6.45) is 7.05. The number of β-amino-alcohol motifs (C(OH)–C–C–N with tert-alkyl or cyclic N) is 1. The summed E-state index contributed by atoms with van der Waals surface area (Å²) in [5.74, 6) is -0.177. The minimum atomic E-state index is -0.397. The van der Waals surface area contributed by atoms with Gasteiger partial charge in [-0.15, -0.1) is 0 Å². The Labute approximate surface area is 96.4 Å². The monoisotopic (exact) mass is 227 g/mol. The first-order chi connectivity index (χ1) is 7.75. The molecule has 0 bridgehead atoms. The normalized spacial score (nSPS) is 32.3. The van der Waals surface area contributed by atoms with Crippen LogP contribution in [0.5, 0.6) is 0 Å². The van der Waals surface area contributed by atoms with Gasteiger partial charge in [0.05, 0.1) is 6.10 Å². The Morgan fingerprint density at radius 3 is 2.44 bits per heavy atom. The highest BCUT2D eigenvalue weighted by Gasteiger charge is 2.30. The van der Waals surface area contributed by atoms with Gasteiger partial charge < -0.3 is 15.2 Å². The summed E-state index contributed by atoms with van der Waals surface area (Å²) in [5.41, 5.74) is 0. The van der Waals surface area contributed by atoms with Crippen molar-refractivity contribution in [2.24, 2.45) is 0 Å². The van der Waals surface area contributed by atoms with Gasteiger partial charge in [-0.05, 0) is 25.7 Å². The highest BCUT2D eigenvalue weighted by Crippen LogP contribution is 2.21. The largest absolute Gasteiger partial charge is 0.461 e. The molecule has 4 nitrogen and oxygen atoms in total. The highest BCUT2D eigenvalue weighted by atomic mass is 16.5. The molecule has 2 N–H and O–H groups in total. The maximum atomic E-state index is 11.8. The molecule has 0 radical (unpaired) electrons. The number of aliphatic hydroxyl groups is 1. The van der Waals surface area contributed by atoms with Crippen LogP contribution >= 0.6 is 0 Å². The lowest BCUT2D eigenvalue weighted by molar-refractivity contribution is -0.152. The first-order valence-corrected chi connectivity index (χ1v) is 6.37. The van der Waals surface area contributed by atoms with Crippen LogP contribution < -0.4 is 5.32 Å². The molecule has 2 atom stereocenters. The Balaban J connectivity index is 1.77. The van der Waals surface area contributed by atoms with Crippen molar-refractivity contribution in [3.8, 4) is 0 Å². The van der Waals surface area contributed by atoms with Gasteiger partial charge in [0.2, 0.25) is 0 Å². The molecule has 0 spiro atoms. The van der Waals surface area contributed by atoms with Crippen molar-refractivity contribution >= 4 is 5.97 Å². The highest BCUT2D eigenvalue weighted by molar-refractivity contribution is 5.76. The fourth-order valence-electron chi connectivity index (χ4n) is 2.50. The summed E-state index contributed by atoms with van der Waals surface area (Å²) >= 11 is 0. The first-order valence-electron chi connectivity index (χ1n) is 6.37. The van der Waals surface area contributed by atoms with Crippen LogP contribution in [-0.2, 0) is 9.53 Å². The molecule has 92 valence electrons. The Morgan fingerprint density at radius 1 is 1.19 bits per heavy atom. The molecular formula is C12H21NO3. The minimum absolute atomic E-state index is 0.106.